The highest BCUT2D eigenvalue weighted by molar-refractivity contribution is 5.32. The second kappa shape index (κ2) is 6.04. The second-order valence-electron chi connectivity index (χ2n) is 5.14. The molecule has 0 radical (unpaired) electrons. The average Bonchev–Trinajstić information content (AvgIpc) is 2.87. The van der Waals surface area contributed by atoms with E-state index in [1.807, 2.05) is 6.07 Å². The van der Waals surface area contributed by atoms with Crippen LogP contribution in [-0.4, -0.2) is 18.5 Å². The first kappa shape index (κ1) is 13.8. The normalized spacial score (nSPS) is 12.9. The molecule has 0 bridgehead atoms. The molecule has 0 spiro atoms. The fraction of sp³-hybridized carbons (Fsp3) is 0.375. The lowest BCUT2D eigenvalue weighted by Gasteiger charge is -2.27. The average molecular weight is 258 g/mol. The predicted molar refractivity (Wildman–Crippen MR) is 77.9 cm³/mol. The summed E-state index contributed by atoms with van der Waals surface area (Å²) in [6, 6.07) is 8.79. The van der Waals surface area contributed by atoms with Gasteiger partial charge in [0.15, 0.2) is 0 Å². The van der Waals surface area contributed by atoms with Crippen molar-refractivity contribution < 1.29 is 4.42 Å². The van der Waals surface area contributed by atoms with E-state index < -0.39 is 0 Å². The van der Waals surface area contributed by atoms with E-state index in [9.17, 15) is 0 Å². The molecule has 1 unspecified atom stereocenters. The molecule has 19 heavy (non-hydrogen) atoms. The van der Waals surface area contributed by atoms with Gasteiger partial charge in [0.25, 0.3) is 0 Å². The van der Waals surface area contributed by atoms with Gasteiger partial charge in [-0.15, -0.1) is 0 Å². The summed E-state index contributed by atoms with van der Waals surface area (Å²) in [5, 5.41) is 0. The van der Waals surface area contributed by atoms with Crippen LogP contribution in [0, 0.1) is 13.8 Å². The van der Waals surface area contributed by atoms with Gasteiger partial charge in [-0.1, -0.05) is 18.2 Å². The fourth-order valence-corrected chi connectivity index (χ4v) is 2.32. The highest BCUT2D eigenvalue weighted by atomic mass is 16.3. The molecular weight excluding hydrogens is 236 g/mol. The van der Waals surface area contributed by atoms with E-state index in [0.717, 1.165) is 6.54 Å². The zero-order valence-electron chi connectivity index (χ0n) is 11.9. The molecule has 2 aromatic rings. The summed E-state index contributed by atoms with van der Waals surface area (Å²) < 4.78 is 5.11. The van der Waals surface area contributed by atoms with Crippen LogP contribution in [0.5, 0.6) is 0 Å². The summed E-state index contributed by atoms with van der Waals surface area (Å²) in [7, 11) is 2.10. The van der Waals surface area contributed by atoms with Gasteiger partial charge in [0.2, 0.25) is 0 Å². The van der Waals surface area contributed by atoms with Crippen molar-refractivity contribution in [3.05, 3.63) is 59.0 Å². The maximum absolute atomic E-state index is 5.96. The summed E-state index contributed by atoms with van der Waals surface area (Å²) in [6.07, 6.45) is 3.49. The third-order valence-corrected chi connectivity index (χ3v) is 3.68. The monoisotopic (exact) mass is 258 g/mol. The Bertz CT molecular complexity index is 520. The molecule has 0 aliphatic carbocycles. The van der Waals surface area contributed by atoms with Crippen LogP contribution >= 0.6 is 0 Å². The van der Waals surface area contributed by atoms with E-state index in [1.54, 1.807) is 12.5 Å². The molecule has 0 amide bonds. The number of nitrogens with two attached hydrogens (primary N) is 1. The van der Waals surface area contributed by atoms with Crippen LogP contribution < -0.4 is 5.73 Å². The maximum atomic E-state index is 5.96. The number of aryl methyl sites for hydroxylation is 2. The van der Waals surface area contributed by atoms with Gasteiger partial charge in [-0.05, 0) is 43.7 Å². The minimum Gasteiger partial charge on any atom is -0.472 e. The van der Waals surface area contributed by atoms with Gasteiger partial charge in [-0.25, -0.2) is 0 Å². The summed E-state index contributed by atoms with van der Waals surface area (Å²) in [5.41, 5.74) is 11.0. The Labute approximate surface area is 115 Å². The van der Waals surface area contributed by atoms with Crippen molar-refractivity contribution in [3.63, 3.8) is 0 Å². The summed E-state index contributed by atoms with van der Waals surface area (Å²) in [5.74, 6) is 0. The van der Waals surface area contributed by atoms with E-state index in [-0.39, 0.29) is 6.04 Å². The SMILES string of the molecule is Cc1ccc(C(CN)N(C)Cc2ccoc2)cc1C. The molecule has 102 valence electrons. The van der Waals surface area contributed by atoms with E-state index in [0.29, 0.717) is 6.54 Å². The lowest BCUT2D eigenvalue weighted by atomic mass is 10.00. The molecule has 3 nitrogen and oxygen atoms in total. The molecule has 1 heterocycles. The van der Waals surface area contributed by atoms with Gasteiger partial charge >= 0.3 is 0 Å². The van der Waals surface area contributed by atoms with Crippen LogP contribution in [-0.2, 0) is 6.54 Å². The molecule has 0 saturated carbocycles. The first-order valence-corrected chi connectivity index (χ1v) is 6.60. The zero-order chi connectivity index (χ0) is 13.8. The molecule has 1 atom stereocenters. The first-order valence-electron chi connectivity index (χ1n) is 6.60. The lowest BCUT2D eigenvalue weighted by molar-refractivity contribution is 0.241. The predicted octanol–water partition coefficient (Wildman–Crippen LogP) is 3.03. The topological polar surface area (TPSA) is 42.4 Å². The van der Waals surface area contributed by atoms with Gasteiger partial charge in [-0.3, -0.25) is 4.90 Å². The first-order chi connectivity index (χ1) is 9.11. The van der Waals surface area contributed by atoms with E-state index in [1.165, 1.54) is 22.3 Å². The Kier molecular flexibility index (Phi) is 4.40. The molecular formula is C16H22N2O. The van der Waals surface area contributed by atoms with Crippen LogP contribution in [0.2, 0.25) is 0 Å². The van der Waals surface area contributed by atoms with Gasteiger partial charge in [0.1, 0.15) is 0 Å². The highest BCUT2D eigenvalue weighted by Crippen LogP contribution is 2.22. The number of nitrogens with zero attached hydrogens (tertiary/aromatic N) is 1. The molecule has 0 aliphatic heterocycles. The molecule has 0 aliphatic rings. The van der Waals surface area contributed by atoms with E-state index >= 15 is 0 Å². The molecule has 0 saturated heterocycles. The molecule has 2 rings (SSSR count). The van der Waals surface area contributed by atoms with Crippen molar-refractivity contribution in [2.75, 3.05) is 13.6 Å². The van der Waals surface area contributed by atoms with Gasteiger partial charge < -0.3 is 10.2 Å². The summed E-state index contributed by atoms with van der Waals surface area (Å²) >= 11 is 0. The van der Waals surface area contributed by atoms with Crippen LogP contribution in [0.25, 0.3) is 0 Å². The third-order valence-electron chi connectivity index (χ3n) is 3.68. The molecule has 3 heteroatoms. The fourth-order valence-electron chi connectivity index (χ4n) is 2.32. The molecule has 2 N–H and O–H groups in total. The Balaban J connectivity index is 2.16. The zero-order valence-corrected chi connectivity index (χ0v) is 11.9. The van der Waals surface area contributed by atoms with E-state index in [2.05, 4.69) is 44.0 Å². The Morgan fingerprint density at radius 3 is 2.58 bits per heavy atom. The van der Waals surface area contributed by atoms with Crippen molar-refractivity contribution in [2.45, 2.75) is 26.4 Å². The molecule has 1 aromatic heterocycles. The van der Waals surface area contributed by atoms with Crippen LogP contribution in [0.3, 0.4) is 0 Å². The van der Waals surface area contributed by atoms with Crippen LogP contribution in [0.15, 0.2) is 41.2 Å². The van der Waals surface area contributed by atoms with Crippen molar-refractivity contribution in [1.29, 1.82) is 0 Å². The largest absolute Gasteiger partial charge is 0.472 e. The quantitative estimate of drug-likeness (QED) is 0.896. The van der Waals surface area contributed by atoms with Crippen LogP contribution in [0.4, 0.5) is 0 Å². The van der Waals surface area contributed by atoms with Crippen molar-refractivity contribution in [2.24, 2.45) is 5.73 Å². The summed E-state index contributed by atoms with van der Waals surface area (Å²) in [6.45, 7) is 5.72. The highest BCUT2D eigenvalue weighted by Gasteiger charge is 2.16. The van der Waals surface area contributed by atoms with Crippen molar-refractivity contribution >= 4 is 0 Å². The van der Waals surface area contributed by atoms with E-state index in [4.69, 9.17) is 10.2 Å². The van der Waals surface area contributed by atoms with Crippen molar-refractivity contribution in [1.82, 2.24) is 4.90 Å². The van der Waals surface area contributed by atoms with Crippen LogP contribution in [0.1, 0.15) is 28.3 Å². The second-order valence-corrected chi connectivity index (χ2v) is 5.14. The molecule has 1 aromatic carbocycles. The Hall–Kier alpha value is -1.58. The van der Waals surface area contributed by atoms with Gasteiger partial charge in [0, 0.05) is 24.7 Å². The maximum Gasteiger partial charge on any atom is 0.0947 e. The smallest absolute Gasteiger partial charge is 0.0947 e. The number of furan rings is 1. The van der Waals surface area contributed by atoms with Gasteiger partial charge in [0.05, 0.1) is 12.5 Å². The number of hydrogen-bond donors (Lipinski definition) is 1. The van der Waals surface area contributed by atoms with Crippen molar-refractivity contribution in [3.8, 4) is 0 Å². The number of benzene rings is 1. The Morgan fingerprint density at radius 2 is 2.00 bits per heavy atom. The number of likely N-dealkylation sites (N-methyl/N-ethyl adjacent to an activating group) is 1. The minimum absolute atomic E-state index is 0.231. The summed E-state index contributed by atoms with van der Waals surface area (Å²) in [4.78, 5) is 2.26. The standard InChI is InChI=1S/C16H22N2O/c1-12-4-5-15(8-13(12)2)16(9-17)18(3)10-14-6-7-19-11-14/h4-8,11,16H,9-10,17H2,1-3H3. The molecule has 0 fully saturated rings. The number of hydrogen-bond acceptors (Lipinski definition) is 3. The van der Waals surface area contributed by atoms with Gasteiger partial charge in [-0.2, -0.15) is 0 Å². The Morgan fingerprint density at radius 1 is 1.21 bits per heavy atom. The lowest BCUT2D eigenvalue weighted by Crippen LogP contribution is -2.30. The number of rotatable bonds is 5. The minimum atomic E-state index is 0.231. The third kappa shape index (κ3) is 3.25.